The number of ether oxygens (including phenoxy) is 1. The maximum Gasteiger partial charge on any atom is 0.407 e. The first kappa shape index (κ1) is 24.9. The minimum atomic E-state index is -0.506. The van der Waals surface area contributed by atoms with E-state index in [1.807, 2.05) is 20.8 Å². The van der Waals surface area contributed by atoms with Gasteiger partial charge < -0.3 is 25.3 Å². The van der Waals surface area contributed by atoms with E-state index in [0.29, 0.717) is 6.54 Å². The molecular weight excluding hydrogens is 394 g/mol. The van der Waals surface area contributed by atoms with Crippen molar-refractivity contribution in [1.29, 1.82) is 0 Å². The topological polar surface area (TPSA) is 105 Å². The van der Waals surface area contributed by atoms with Crippen molar-refractivity contribution in [2.24, 2.45) is 4.99 Å². The van der Waals surface area contributed by atoms with Gasteiger partial charge in [0.05, 0.1) is 0 Å². The minimum absolute atomic E-state index is 0.0723. The van der Waals surface area contributed by atoms with Gasteiger partial charge in [-0.15, -0.1) is 10.2 Å². The molecule has 3 N–H and O–H groups in total. The van der Waals surface area contributed by atoms with Crippen LogP contribution in [0.25, 0.3) is 0 Å². The smallest absolute Gasteiger partial charge is 0.407 e. The number of unbranched alkanes of at least 4 members (excludes halogenated alkanes) is 1. The molecule has 1 amide bonds. The molecule has 31 heavy (non-hydrogen) atoms. The van der Waals surface area contributed by atoms with Crippen molar-refractivity contribution in [3.05, 3.63) is 11.6 Å². The molecule has 2 rings (SSSR count). The lowest BCUT2D eigenvalue weighted by molar-refractivity contribution is 0.0522. The van der Waals surface area contributed by atoms with Crippen LogP contribution in [-0.2, 0) is 24.1 Å². The van der Waals surface area contributed by atoms with Crippen LogP contribution in [0.3, 0.4) is 0 Å². The van der Waals surface area contributed by atoms with Gasteiger partial charge >= 0.3 is 6.09 Å². The first-order chi connectivity index (χ1) is 14.8. The van der Waals surface area contributed by atoms with Gasteiger partial charge in [0.1, 0.15) is 17.2 Å². The number of nitrogens with one attached hydrogen (secondary N) is 3. The summed E-state index contributed by atoms with van der Waals surface area (Å²) in [5, 5.41) is 18.4. The van der Waals surface area contributed by atoms with Gasteiger partial charge in [0.2, 0.25) is 0 Å². The van der Waals surface area contributed by atoms with Crippen molar-refractivity contribution in [3.63, 3.8) is 0 Å². The molecule has 0 fully saturated rings. The molecule has 1 atom stereocenters. The lowest BCUT2D eigenvalue weighted by Crippen LogP contribution is -2.49. The molecule has 0 saturated heterocycles. The number of aromatic nitrogens is 3. The van der Waals surface area contributed by atoms with Crippen LogP contribution in [0.15, 0.2) is 4.99 Å². The Morgan fingerprint density at radius 2 is 2.03 bits per heavy atom. The largest absolute Gasteiger partial charge is 0.444 e. The molecule has 0 radical (unpaired) electrons. The van der Waals surface area contributed by atoms with Crippen LogP contribution in [0.2, 0.25) is 0 Å². The third kappa shape index (κ3) is 9.14. The summed E-state index contributed by atoms with van der Waals surface area (Å²) in [4.78, 5) is 16.4. The van der Waals surface area contributed by atoms with E-state index >= 15 is 0 Å². The fourth-order valence-corrected chi connectivity index (χ4v) is 3.61. The molecule has 2 heterocycles. The summed E-state index contributed by atoms with van der Waals surface area (Å²) in [6.45, 7) is 9.95. The zero-order chi connectivity index (χ0) is 22.7. The van der Waals surface area contributed by atoms with Crippen molar-refractivity contribution in [1.82, 2.24) is 30.7 Å². The molecule has 0 aromatic carbocycles. The summed E-state index contributed by atoms with van der Waals surface area (Å²) in [5.74, 6) is 2.87. The van der Waals surface area contributed by atoms with E-state index in [4.69, 9.17) is 4.74 Å². The van der Waals surface area contributed by atoms with Crippen molar-refractivity contribution in [2.75, 3.05) is 20.1 Å². The highest BCUT2D eigenvalue weighted by Crippen LogP contribution is 2.14. The Kier molecular flexibility index (Phi) is 10.1. The van der Waals surface area contributed by atoms with Crippen LogP contribution in [0, 0.1) is 0 Å². The summed E-state index contributed by atoms with van der Waals surface area (Å²) in [7, 11) is 1.76. The fraction of sp³-hybridized carbons (Fsp3) is 0.818. The monoisotopic (exact) mass is 435 g/mol. The zero-order valence-corrected chi connectivity index (χ0v) is 20.0. The number of guanidine groups is 1. The Balaban J connectivity index is 1.83. The molecule has 9 nitrogen and oxygen atoms in total. The lowest BCUT2D eigenvalue weighted by atomic mass is 10.1. The van der Waals surface area contributed by atoms with Crippen LogP contribution >= 0.6 is 0 Å². The van der Waals surface area contributed by atoms with E-state index in [-0.39, 0.29) is 6.04 Å². The molecule has 1 aliphatic rings. The molecule has 1 aromatic heterocycles. The van der Waals surface area contributed by atoms with E-state index in [1.165, 1.54) is 19.3 Å². The minimum Gasteiger partial charge on any atom is -0.444 e. The second-order valence-corrected chi connectivity index (χ2v) is 9.11. The number of hydrogen-bond acceptors (Lipinski definition) is 5. The molecule has 0 spiro atoms. The van der Waals surface area contributed by atoms with Gasteiger partial charge in [-0.25, -0.2) is 4.79 Å². The van der Waals surface area contributed by atoms with Gasteiger partial charge in [-0.2, -0.15) is 0 Å². The van der Waals surface area contributed by atoms with Crippen LogP contribution in [0.4, 0.5) is 4.79 Å². The van der Waals surface area contributed by atoms with Crippen molar-refractivity contribution >= 4 is 12.1 Å². The Morgan fingerprint density at radius 1 is 1.23 bits per heavy atom. The number of alkyl carbamates (subject to hydrolysis) is 1. The summed E-state index contributed by atoms with van der Waals surface area (Å²) >= 11 is 0. The summed E-state index contributed by atoms with van der Waals surface area (Å²) < 4.78 is 7.62. The van der Waals surface area contributed by atoms with Gasteiger partial charge in [-0.05, 0) is 40.0 Å². The number of amides is 1. The third-order valence-electron chi connectivity index (χ3n) is 5.19. The number of nitrogens with zero attached hydrogens (tertiary/aromatic N) is 4. The van der Waals surface area contributed by atoms with Gasteiger partial charge in [0.15, 0.2) is 5.96 Å². The van der Waals surface area contributed by atoms with Gasteiger partial charge in [0.25, 0.3) is 0 Å². The van der Waals surface area contributed by atoms with Crippen LogP contribution in [-0.4, -0.2) is 58.6 Å². The van der Waals surface area contributed by atoms with Crippen LogP contribution in [0.1, 0.15) is 77.9 Å². The molecule has 9 heteroatoms. The molecule has 0 bridgehead atoms. The van der Waals surface area contributed by atoms with Gasteiger partial charge in [0, 0.05) is 45.6 Å². The molecule has 1 unspecified atom stereocenters. The lowest BCUT2D eigenvalue weighted by Gasteiger charge is -2.24. The third-order valence-corrected chi connectivity index (χ3v) is 5.19. The fourth-order valence-electron chi connectivity index (χ4n) is 3.61. The van der Waals surface area contributed by atoms with Crippen molar-refractivity contribution in [2.45, 2.75) is 97.2 Å². The molecule has 0 saturated carbocycles. The second kappa shape index (κ2) is 12.5. The highest BCUT2D eigenvalue weighted by molar-refractivity contribution is 5.80. The predicted molar refractivity (Wildman–Crippen MR) is 123 cm³/mol. The van der Waals surface area contributed by atoms with E-state index in [0.717, 1.165) is 62.8 Å². The number of aryl methyl sites for hydroxylation is 1. The maximum atomic E-state index is 12.0. The Hall–Kier alpha value is -2.32. The Morgan fingerprint density at radius 3 is 2.74 bits per heavy atom. The number of hydrogen-bond donors (Lipinski definition) is 3. The quantitative estimate of drug-likeness (QED) is 0.407. The SMILES string of the molecule is CCCCC(CNC(=O)OC(C)(C)C)NC(=NC)NCCc1nnc2n1CCCCC2. The Bertz CT molecular complexity index is 709. The average Bonchev–Trinajstić information content (AvgIpc) is 2.93. The van der Waals surface area contributed by atoms with Crippen LogP contribution < -0.4 is 16.0 Å². The summed E-state index contributed by atoms with van der Waals surface area (Å²) in [5.41, 5.74) is -0.506. The van der Waals surface area contributed by atoms with Crippen molar-refractivity contribution < 1.29 is 9.53 Å². The molecule has 1 aliphatic heterocycles. The van der Waals surface area contributed by atoms with Crippen LogP contribution in [0.5, 0.6) is 0 Å². The molecule has 1 aromatic rings. The van der Waals surface area contributed by atoms with E-state index in [9.17, 15) is 4.79 Å². The highest BCUT2D eigenvalue weighted by atomic mass is 16.6. The van der Waals surface area contributed by atoms with E-state index < -0.39 is 11.7 Å². The number of aliphatic imine (C=N–C) groups is 1. The number of fused-ring (bicyclic) bond motifs is 1. The van der Waals surface area contributed by atoms with Crippen molar-refractivity contribution in [3.8, 4) is 0 Å². The molecule has 0 aliphatic carbocycles. The zero-order valence-electron chi connectivity index (χ0n) is 20.0. The first-order valence-electron chi connectivity index (χ1n) is 11.7. The van der Waals surface area contributed by atoms with E-state index in [2.05, 4.69) is 42.6 Å². The first-order valence-corrected chi connectivity index (χ1v) is 11.7. The standard InChI is InChI=1S/C22H41N7O2/c1-6-7-11-17(16-25-21(30)31-22(2,3)4)26-20(23-5)24-14-13-19-28-27-18-12-9-8-10-15-29(18)19/h17H,6-16H2,1-5H3,(H,25,30)(H2,23,24,26). The summed E-state index contributed by atoms with van der Waals surface area (Å²) in [6.07, 6.45) is 8.16. The van der Waals surface area contributed by atoms with Gasteiger partial charge in [-0.1, -0.05) is 26.2 Å². The van der Waals surface area contributed by atoms with E-state index in [1.54, 1.807) is 7.05 Å². The second-order valence-electron chi connectivity index (χ2n) is 9.11. The van der Waals surface area contributed by atoms with Gasteiger partial charge in [-0.3, -0.25) is 4.99 Å². The summed E-state index contributed by atoms with van der Waals surface area (Å²) in [6, 6.07) is 0.0723. The highest BCUT2D eigenvalue weighted by Gasteiger charge is 2.18. The number of carbonyl (C=O) groups is 1. The molecular formula is C22H41N7O2. The maximum absolute atomic E-state index is 12.0. The predicted octanol–water partition coefficient (Wildman–Crippen LogP) is 2.80. The Labute approximate surface area is 186 Å². The average molecular weight is 436 g/mol. The molecule has 176 valence electrons. The number of rotatable bonds is 9. The number of carbonyl (C=O) groups excluding carboxylic acids is 1. The normalized spacial score (nSPS) is 15.6.